The topological polar surface area (TPSA) is 76.7 Å². The number of amides is 1. The molecule has 1 atom stereocenters. The van der Waals surface area contributed by atoms with Crippen molar-refractivity contribution in [3.05, 3.63) is 29.8 Å². The third kappa shape index (κ3) is 4.70. The number of ether oxygens (including phenoxy) is 2. The summed E-state index contributed by atoms with van der Waals surface area (Å²) < 4.78 is 76.2. The van der Waals surface area contributed by atoms with Gasteiger partial charge in [0.1, 0.15) is 11.6 Å². The maximum Gasteiger partial charge on any atom is 0.442 e. The molecule has 1 amide bonds. The van der Waals surface area contributed by atoms with Crippen LogP contribution >= 0.6 is 0 Å². The molecule has 0 aliphatic heterocycles. The van der Waals surface area contributed by atoms with E-state index in [0.29, 0.717) is 18.2 Å². The molecule has 2 N–H and O–H groups in total. The molecule has 0 bridgehead atoms. The summed E-state index contributed by atoms with van der Waals surface area (Å²) in [5, 5.41) is 2.86. The number of alkyl carbamates (subject to hydrolysis) is 1. The molecule has 11 heteroatoms. The first-order valence-electron chi connectivity index (χ1n) is 6.99. The summed E-state index contributed by atoms with van der Waals surface area (Å²) in [5.41, 5.74) is -4.72. The number of carbonyl (C=O) groups is 2. The molecule has 0 radical (unpaired) electrons. The molecular formula is C14H15F5N2O4. The molecule has 0 fully saturated rings. The fraction of sp³-hybridized carbons (Fsp3) is 0.429. The number of hydrogen-bond donors (Lipinski definition) is 2. The summed E-state index contributed by atoms with van der Waals surface area (Å²) in [5.74, 6) is -4.40. The summed E-state index contributed by atoms with van der Waals surface area (Å²) in [6, 6.07) is 1.61. The van der Waals surface area contributed by atoms with Gasteiger partial charge in [-0.1, -0.05) is 0 Å². The first-order valence-corrected chi connectivity index (χ1v) is 6.99. The number of anilines is 1. The van der Waals surface area contributed by atoms with Crippen molar-refractivity contribution < 1.29 is 41.0 Å². The number of benzene rings is 1. The molecule has 0 saturated carbocycles. The van der Waals surface area contributed by atoms with Gasteiger partial charge in [-0.2, -0.15) is 13.2 Å². The third-order valence-electron chi connectivity index (χ3n) is 2.83. The monoisotopic (exact) mass is 370 g/mol. The average Bonchev–Trinajstić information content (AvgIpc) is 2.48. The van der Waals surface area contributed by atoms with Gasteiger partial charge in [0.15, 0.2) is 0 Å². The normalized spacial score (nSPS) is 13.6. The van der Waals surface area contributed by atoms with Crippen LogP contribution in [0.25, 0.3) is 0 Å². The van der Waals surface area contributed by atoms with Crippen LogP contribution in [-0.2, 0) is 14.3 Å². The van der Waals surface area contributed by atoms with Crippen LogP contribution in [0.2, 0.25) is 0 Å². The molecule has 0 spiro atoms. The Kier molecular flexibility index (Phi) is 6.54. The van der Waals surface area contributed by atoms with Gasteiger partial charge in [-0.15, -0.1) is 0 Å². The molecule has 6 nitrogen and oxygen atoms in total. The minimum absolute atomic E-state index is 0.284. The summed E-state index contributed by atoms with van der Waals surface area (Å²) in [6.07, 6.45) is -7.05. The maximum absolute atomic E-state index is 13.7. The Hall–Kier alpha value is -2.59. The van der Waals surface area contributed by atoms with Crippen molar-refractivity contribution in [1.29, 1.82) is 0 Å². The zero-order valence-corrected chi connectivity index (χ0v) is 13.2. The Balaban J connectivity index is 3.40. The lowest BCUT2D eigenvalue weighted by Crippen LogP contribution is -2.69. The number of alkyl halides is 3. The molecule has 140 valence electrons. The van der Waals surface area contributed by atoms with Crippen LogP contribution in [0, 0.1) is 11.6 Å². The maximum atomic E-state index is 13.7. The van der Waals surface area contributed by atoms with Crippen LogP contribution in [-0.4, -0.2) is 37.1 Å². The SMILES string of the molecule is CCOC(=O)NC(Nc1ccc(F)cc1F)(C(=O)OCC)C(F)(F)F. The lowest BCUT2D eigenvalue weighted by Gasteiger charge is -2.34. The van der Waals surface area contributed by atoms with E-state index in [4.69, 9.17) is 0 Å². The summed E-state index contributed by atoms with van der Waals surface area (Å²) in [6.45, 7) is 1.83. The molecule has 1 aromatic carbocycles. The van der Waals surface area contributed by atoms with E-state index in [2.05, 4.69) is 9.47 Å². The molecule has 0 aromatic heterocycles. The first-order chi connectivity index (χ1) is 11.6. The van der Waals surface area contributed by atoms with Crippen molar-refractivity contribution in [3.63, 3.8) is 0 Å². The molecule has 0 aliphatic rings. The Morgan fingerprint density at radius 2 is 1.68 bits per heavy atom. The Morgan fingerprint density at radius 1 is 1.08 bits per heavy atom. The van der Waals surface area contributed by atoms with Crippen molar-refractivity contribution in [3.8, 4) is 0 Å². The first kappa shape index (κ1) is 20.5. The predicted molar refractivity (Wildman–Crippen MR) is 75.6 cm³/mol. The van der Waals surface area contributed by atoms with E-state index in [-0.39, 0.29) is 6.61 Å². The molecule has 1 aromatic rings. The van der Waals surface area contributed by atoms with Crippen LogP contribution < -0.4 is 10.6 Å². The van der Waals surface area contributed by atoms with Gasteiger partial charge in [0, 0.05) is 6.07 Å². The van der Waals surface area contributed by atoms with Crippen molar-refractivity contribution in [2.75, 3.05) is 18.5 Å². The van der Waals surface area contributed by atoms with Gasteiger partial charge in [-0.25, -0.2) is 18.4 Å². The third-order valence-corrected chi connectivity index (χ3v) is 2.83. The number of rotatable bonds is 6. The molecule has 1 rings (SSSR count). The highest BCUT2D eigenvalue weighted by molar-refractivity contribution is 5.89. The van der Waals surface area contributed by atoms with E-state index in [1.54, 1.807) is 5.32 Å². The second kappa shape index (κ2) is 7.99. The van der Waals surface area contributed by atoms with Crippen LogP contribution in [0.15, 0.2) is 18.2 Å². The zero-order chi connectivity index (χ0) is 19.3. The molecule has 25 heavy (non-hydrogen) atoms. The minimum atomic E-state index is -5.45. The van der Waals surface area contributed by atoms with Crippen LogP contribution in [0.4, 0.5) is 32.4 Å². The van der Waals surface area contributed by atoms with E-state index in [1.807, 2.05) is 0 Å². The largest absolute Gasteiger partial charge is 0.463 e. The number of halogens is 5. The average molecular weight is 370 g/mol. The molecule has 0 saturated heterocycles. The highest BCUT2D eigenvalue weighted by Gasteiger charge is 2.64. The van der Waals surface area contributed by atoms with E-state index in [1.165, 1.54) is 19.2 Å². The van der Waals surface area contributed by atoms with E-state index >= 15 is 0 Å². The van der Waals surface area contributed by atoms with E-state index in [9.17, 15) is 31.5 Å². The van der Waals surface area contributed by atoms with Crippen LogP contribution in [0.3, 0.4) is 0 Å². The quantitative estimate of drug-likeness (QED) is 0.457. The highest BCUT2D eigenvalue weighted by atomic mass is 19.4. The van der Waals surface area contributed by atoms with Crippen molar-refractivity contribution in [2.24, 2.45) is 0 Å². The summed E-state index contributed by atoms with van der Waals surface area (Å²) >= 11 is 0. The van der Waals surface area contributed by atoms with Gasteiger partial charge in [-0.05, 0) is 26.0 Å². The fourth-order valence-corrected chi connectivity index (χ4v) is 1.74. The number of esters is 1. The minimum Gasteiger partial charge on any atom is -0.463 e. The second-order valence-electron chi connectivity index (χ2n) is 4.56. The summed E-state index contributed by atoms with van der Waals surface area (Å²) in [7, 11) is 0. The number of nitrogens with one attached hydrogen (secondary N) is 2. The molecule has 1 unspecified atom stereocenters. The van der Waals surface area contributed by atoms with Gasteiger partial charge >= 0.3 is 23.9 Å². The van der Waals surface area contributed by atoms with Crippen LogP contribution in [0.1, 0.15) is 13.8 Å². The number of hydrogen-bond acceptors (Lipinski definition) is 5. The van der Waals surface area contributed by atoms with E-state index < -0.39 is 47.8 Å². The van der Waals surface area contributed by atoms with Gasteiger partial charge in [0.25, 0.3) is 0 Å². The van der Waals surface area contributed by atoms with Crippen molar-refractivity contribution in [1.82, 2.24) is 5.32 Å². The predicted octanol–water partition coefficient (Wildman–Crippen LogP) is 2.94. The molecule has 0 heterocycles. The van der Waals surface area contributed by atoms with Gasteiger partial charge < -0.3 is 14.8 Å². The van der Waals surface area contributed by atoms with Gasteiger partial charge in [0.2, 0.25) is 0 Å². The Bertz CT molecular complexity index is 638. The lowest BCUT2D eigenvalue weighted by molar-refractivity contribution is -0.205. The number of carbonyl (C=O) groups excluding carboxylic acids is 2. The fourth-order valence-electron chi connectivity index (χ4n) is 1.74. The van der Waals surface area contributed by atoms with Crippen molar-refractivity contribution in [2.45, 2.75) is 25.7 Å². The van der Waals surface area contributed by atoms with Gasteiger partial charge in [-0.3, -0.25) is 5.32 Å². The Morgan fingerprint density at radius 3 is 2.16 bits per heavy atom. The summed E-state index contributed by atoms with van der Waals surface area (Å²) in [4.78, 5) is 23.5. The standard InChI is InChI=1S/C14H15F5N2O4/c1-3-24-11(22)13(14(17,18)19,21-12(23)25-4-2)20-10-6-5-8(15)7-9(10)16/h5-7,20H,3-4H2,1-2H3,(H,21,23). The second-order valence-corrected chi connectivity index (χ2v) is 4.56. The Labute approximate surface area is 139 Å². The van der Waals surface area contributed by atoms with E-state index in [0.717, 1.165) is 0 Å². The zero-order valence-electron chi connectivity index (χ0n) is 13.2. The highest BCUT2D eigenvalue weighted by Crippen LogP contribution is 2.34. The molecule has 0 aliphatic carbocycles. The van der Waals surface area contributed by atoms with Crippen LogP contribution in [0.5, 0.6) is 0 Å². The van der Waals surface area contributed by atoms with Crippen molar-refractivity contribution >= 4 is 17.7 Å². The van der Waals surface area contributed by atoms with Gasteiger partial charge in [0.05, 0.1) is 18.9 Å². The lowest BCUT2D eigenvalue weighted by atomic mass is 10.1. The molecular weight excluding hydrogens is 355 g/mol. The smallest absolute Gasteiger partial charge is 0.442 e.